The summed E-state index contributed by atoms with van der Waals surface area (Å²) < 4.78 is 1.58. The highest BCUT2D eigenvalue weighted by Crippen LogP contribution is 2.21. The molecule has 0 aliphatic carbocycles. The number of aromatic nitrogens is 3. The van der Waals surface area contributed by atoms with Gasteiger partial charge in [-0.05, 0) is 18.9 Å². The lowest BCUT2D eigenvalue weighted by Crippen LogP contribution is -2.06. The first kappa shape index (κ1) is 13.3. The van der Waals surface area contributed by atoms with E-state index < -0.39 is 5.97 Å². The molecule has 21 heavy (non-hydrogen) atoms. The van der Waals surface area contributed by atoms with E-state index >= 15 is 0 Å². The molecule has 3 rings (SSSR count). The maximum atomic E-state index is 11.1. The fourth-order valence-corrected chi connectivity index (χ4v) is 2.31. The lowest BCUT2D eigenvalue weighted by atomic mass is 10.1. The first-order valence-electron chi connectivity index (χ1n) is 6.78. The zero-order valence-electron chi connectivity index (χ0n) is 11.9. The fraction of sp³-hybridized carbons (Fsp3) is 0.188. The number of carboxylic acids is 1. The molecule has 0 aliphatic heterocycles. The van der Waals surface area contributed by atoms with Gasteiger partial charge in [-0.15, -0.1) is 0 Å². The molecule has 3 aromatic rings. The number of aromatic carboxylic acids is 1. The molecule has 0 bridgehead atoms. The Morgan fingerprint density at radius 3 is 2.62 bits per heavy atom. The van der Waals surface area contributed by atoms with Crippen LogP contribution >= 0.6 is 0 Å². The number of carboxylic acid groups (broad SMARTS) is 1. The first-order chi connectivity index (χ1) is 10.1. The van der Waals surface area contributed by atoms with Crippen LogP contribution < -0.4 is 0 Å². The number of aryl methyl sites for hydroxylation is 2. The lowest BCUT2D eigenvalue weighted by Gasteiger charge is -2.02. The van der Waals surface area contributed by atoms with Gasteiger partial charge < -0.3 is 5.11 Å². The molecule has 0 spiro atoms. The molecule has 0 unspecified atom stereocenters. The summed E-state index contributed by atoms with van der Waals surface area (Å²) in [6.07, 6.45) is 2.37. The number of hydrogen-bond donors (Lipinski definition) is 1. The molecule has 5 heteroatoms. The van der Waals surface area contributed by atoms with Crippen LogP contribution in [0.1, 0.15) is 28.5 Å². The lowest BCUT2D eigenvalue weighted by molar-refractivity contribution is 0.0695. The second kappa shape index (κ2) is 5.01. The van der Waals surface area contributed by atoms with Crippen molar-refractivity contribution in [3.8, 4) is 11.3 Å². The maximum absolute atomic E-state index is 11.1. The molecular weight excluding hydrogens is 266 g/mol. The molecule has 2 heterocycles. The highest BCUT2D eigenvalue weighted by atomic mass is 16.4. The Balaban J connectivity index is 2.12. The third kappa shape index (κ3) is 2.27. The van der Waals surface area contributed by atoms with Crippen molar-refractivity contribution in [1.82, 2.24) is 14.6 Å². The minimum atomic E-state index is -0.994. The van der Waals surface area contributed by atoms with Gasteiger partial charge in [0, 0.05) is 17.8 Å². The van der Waals surface area contributed by atoms with Crippen molar-refractivity contribution in [3.63, 3.8) is 0 Å². The van der Waals surface area contributed by atoms with Gasteiger partial charge in [0.2, 0.25) is 0 Å². The van der Waals surface area contributed by atoms with Gasteiger partial charge in [-0.3, -0.25) is 0 Å². The van der Waals surface area contributed by atoms with Crippen LogP contribution in [0.5, 0.6) is 0 Å². The van der Waals surface area contributed by atoms with E-state index in [0.29, 0.717) is 11.3 Å². The highest BCUT2D eigenvalue weighted by Gasteiger charge is 2.13. The molecule has 1 aromatic carbocycles. The van der Waals surface area contributed by atoms with Crippen LogP contribution in [0, 0.1) is 6.92 Å². The van der Waals surface area contributed by atoms with E-state index in [1.807, 2.05) is 18.2 Å². The number of benzene rings is 1. The van der Waals surface area contributed by atoms with Crippen molar-refractivity contribution in [2.75, 3.05) is 0 Å². The minimum absolute atomic E-state index is 0.165. The van der Waals surface area contributed by atoms with Crippen LogP contribution in [-0.4, -0.2) is 25.7 Å². The van der Waals surface area contributed by atoms with Crippen molar-refractivity contribution in [2.45, 2.75) is 20.3 Å². The van der Waals surface area contributed by atoms with Crippen LogP contribution in [0.3, 0.4) is 0 Å². The van der Waals surface area contributed by atoms with Gasteiger partial charge in [-0.25, -0.2) is 14.3 Å². The molecule has 0 atom stereocenters. The quantitative estimate of drug-likeness (QED) is 0.801. The zero-order chi connectivity index (χ0) is 15.0. The number of carbonyl (C=O) groups is 1. The van der Waals surface area contributed by atoms with E-state index in [4.69, 9.17) is 5.11 Å². The van der Waals surface area contributed by atoms with Crippen LogP contribution in [0.2, 0.25) is 0 Å². The third-order valence-electron chi connectivity index (χ3n) is 3.61. The fourth-order valence-electron chi connectivity index (χ4n) is 2.31. The molecule has 1 N–H and O–H groups in total. The summed E-state index contributed by atoms with van der Waals surface area (Å²) in [4.78, 5) is 15.3. The van der Waals surface area contributed by atoms with Gasteiger partial charge in [-0.2, -0.15) is 5.10 Å². The largest absolute Gasteiger partial charge is 0.478 e. The van der Waals surface area contributed by atoms with Crippen molar-refractivity contribution < 1.29 is 9.90 Å². The Bertz CT molecular complexity index is 819. The molecule has 0 saturated carbocycles. The smallest absolute Gasteiger partial charge is 0.339 e. The van der Waals surface area contributed by atoms with Crippen LogP contribution in [0.4, 0.5) is 0 Å². The van der Waals surface area contributed by atoms with Gasteiger partial charge in [0.25, 0.3) is 0 Å². The number of fused-ring (bicyclic) bond motifs is 1. The Labute approximate surface area is 121 Å². The summed E-state index contributed by atoms with van der Waals surface area (Å²) in [5.41, 5.74) is 4.43. The predicted octanol–water partition coefficient (Wildman–Crippen LogP) is 2.97. The summed E-state index contributed by atoms with van der Waals surface area (Å²) in [6, 6.07) is 10.0. The van der Waals surface area contributed by atoms with Crippen molar-refractivity contribution >= 4 is 11.6 Å². The van der Waals surface area contributed by atoms with E-state index in [2.05, 4.69) is 29.1 Å². The minimum Gasteiger partial charge on any atom is -0.478 e. The molecular formula is C16H15N3O2. The summed E-state index contributed by atoms with van der Waals surface area (Å²) in [5, 5.41) is 13.6. The second-order valence-corrected chi connectivity index (χ2v) is 4.91. The van der Waals surface area contributed by atoms with Crippen LogP contribution in [0.15, 0.2) is 36.5 Å². The maximum Gasteiger partial charge on any atom is 0.339 e. The van der Waals surface area contributed by atoms with E-state index in [1.165, 1.54) is 11.8 Å². The molecule has 0 radical (unpaired) electrons. The average Bonchev–Trinajstić information content (AvgIpc) is 2.92. The number of nitrogens with zero attached hydrogens (tertiary/aromatic N) is 3. The molecule has 5 nitrogen and oxygen atoms in total. The molecule has 0 saturated heterocycles. The molecule has 0 aliphatic rings. The number of hydrogen-bond acceptors (Lipinski definition) is 3. The summed E-state index contributed by atoms with van der Waals surface area (Å²) in [5.74, 6) is -0.994. The van der Waals surface area contributed by atoms with Gasteiger partial charge in [0.15, 0.2) is 5.65 Å². The second-order valence-electron chi connectivity index (χ2n) is 4.91. The Morgan fingerprint density at radius 1 is 1.29 bits per heavy atom. The normalized spacial score (nSPS) is 11.0. The van der Waals surface area contributed by atoms with Crippen molar-refractivity contribution in [1.29, 1.82) is 0 Å². The average molecular weight is 281 g/mol. The highest BCUT2D eigenvalue weighted by molar-refractivity contribution is 5.88. The first-order valence-corrected chi connectivity index (χ1v) is 6.78. The topological polar surface area (TPSA) is 67.5 Å². The third-order valence-corrected chi connectivity index (χ3v) is 3.61. The summed E-state index contributed by atoms with van der Waals surface area (Å²) in [6.45, 7) is 3.84. The molecule has 0 amide bonds. The van der Waals surface area contributed by atoms with E-state index in [-0.39, 0.29) is 5.56 Å². The van der Waals surface area contributed by atoms with Gasteiger partial charge in [0.1, 0.15) is 0 Å². The van der Waals surface area contributed by atoms with Gasteiger partial charge in [0.05, 0.1) is 17.0 Å². The molecule has 2 aromatic heterocycles. The standard InChI is InChI=1S/C16H15N3O2/c1-3-11-4-6-12(7-5-11)14-8-15-17-9-13(16(20)21)10(2)19(15)18-14/h4-9H,3H2,1-2H3,(H,20,21). The van der Waals surface area contributed by atoms with Crippen LogP contribution in [-0.2, 0) is 6.42 Å². The SMILES string of the molecule is CCc1ccc(-c2cc3ncc(C(=O)O)c(C)n3n2)cc1. The Morgan fingerprint density at radius 2 is 2.00 bits per heavy atom. The van der Waals surface area contributed by atoms with E-state index in [9.17, 15) is 4.79 Å². The van der Waals surface area contributed by atoms with Crippen molar-refractivity contribution in [3.05, 3.63) is 53.3 Å². The monoisotopic (exact) mass is 281 g/mol. The molecule has 0 fully saturated rings. The van der Waals surface area contributed by atoms with Crippen molar-refractivity contribution in [2.24, 2.45) is 0 Å². The summed E-state index contributed by atoms with van der Waals surface area (Å²) in [7, 11) is 0. The van der Waals surface area contributed by atoms with E-state index in [1.54, 1.807) is 11.4 Å². The summed E-state index contributed by atoms with van der Waals surface area (Å²) >= 11 is 0. The van der Waals surface area contributed by atoms with Gasteiger partial charge >= 0.3 is 5.97 Å². The zero-order valence-corrected chi connectivity index (χ0v) is 11.9. The Hall–Kier alpha value is -2.69. The Kier molecular flexibility index (Phi) is 3.17. The predicted molar refractivity (Wildman–Crippen MR) is 79.5 cm³/mol. The van der Waals surface area contributed by atoms with Crippen LogP contribution in [0.25, 0.3) is 16.9 Å². The van der Waals surface area contributed by atoms with Gasteiger partial charge in [-0.1, -0.05) is 31.2 Å². The van der Waals surface area contributed by atoms with E-state index in [0.717, 1.165) is 17.7 Å². The molecule has 106 valence electrons. The number of rotatable bonds is 3.